The Kier molecular flexibility index (Phi) is 12.7. The third-order valence-electron chi connectivity index (χ3n) is 14.5. The van der Waals surface area contributed by atoms with E-state index in [1.807, 2.05) is 0 Å². The molecule has 1 aliphatic heterocycles. The molecule has 6 aromatic carbocycles. The predicted molar refractivity (Wildman–Crippen MR) is 251 cm³/mol. The van der Waals surface area contributed by atoms with E-state index >= 15 is 0 Å². The first-order valence-electron chi connectivity index (χ1n) is 23.7. The van der Waals surface area contributed by atoms with Gasteiger partial charge in [-0.25, -0.2) is 0 Å². The van der Waals surface area contributed by atoms with Crippen LogP contribution in [0, 0.1) is 11.8 Å². The highest BCUT2D eigenvalue weighted by Gasteiger charge is 2.24. The van der Waals surface area contributed by atoms with Gasteiger partial charge in [-0.15, -0.1) is 0 Å². The van der Waals surface area contributed by atoms with Crippen molar-refractivity contribution in [2.45, 2.75) is 135 Å². The summed E-state index contributed by atoms with van der Waals surface area (Å²) >= 11 is 0. The van der Waals surface area contributed by atoms with Crippen molar-refractivity contribution < 1.29 is 9.47 Å². The minimum atomic E-state index is 0.707. The van der Waals surface area contributed by atoms with Gasteiger partial charge >= 0.3 is 0 Å². The van der Waals surface area contributed by atoms with Crippen molar-refractivity contribution in [2.75, 3.05) is 13.2 Å². The van der Waals surface area contributed by atoms with Crippen LogP contribution in [0.3, 0.4) is 0 Å². The molecule has 0 atom stereocenters. The van der Waals surface area contributed by atoms with E-state index in [0.29, 0.717) is 11.8 Å². The van der Waals surface area contributed by atoms with E-state index in [9.17, 15) is 0 Å². The summed E-state index contributed by atoms with van der Waals surface area (Å²) in [6, 6.07) is 42.1. The number of benzene rings is 6. The molecule has 0 N–H and O–H groups in total. The summed E-state index contributed by atoms with van der Waals surface area (Å²) in [4.78, 5) is 0. The van der Waals surface area contributed by atoms with E-state index in [4.69, 9.17) is 9.47 Å². The molecule has 1 heterocycles. The monoisotopic (exact) mass is 783 g/mol. The van der Waals surface area contributed by atoms with Crippen LogP contribution < -0.4 is 9.47 Å². The maximum atomic E-state index is 6.74. The maximum Gasteiger partial charge on any atom is 0.127 e. The van der Waals surface area contributed by atoms with Crippen molar-refractivity contribution in [3.8, 4) is 44.9 Å². The van der Waals surface area contributed by atoms with Gasteiger partial charge in [0.25, 0.3) is 0 Å². The van der Waals surface area contributed by atoms with Crippen molar-refractivity contribution in [1.82, 2.24) is 0 Å². The second-order valence-corrected chi connectivity index (χ2v) is 18.5. The number of rotatable bonds is 8. The van der Waals surface area contributed by atoms with Gasteiger partial charge in [-0.2, -0.15) is 0 Å². The quantitative estimate of drug-likeness (QED) is 0.153. The summed E-state index contributed by atoms with van der Waals surface area (Å²) in [6.45, 7) is 6.11. The van der Waals surface area contributed by atoms with Gasteiger partial charge in [0.2, 0.25) is 0 Å². The van der Waals surface area contributed by atoms with Crippen LogP contribution in [-0.4, -0.2) is 13.2 Å². The van der Waals surface area contributed by atoms with E-state index in [1.165, 1.54) is 151 Å². The Labute approximate surface area is 354 Å². The number of hydrogen-bond acceptors (Lipinski definition) is 2. The molecule has 306 valence electrons. The molecule has 59 heavy (non-hydrogen) atoms. The molecule has 2 heteroatoms. The summed E-state index contributed by atoms with van der Waals surface area (Å²) in [6.07, 6.45) is 22.0. The highest BCUT2D eigenvalue weighted by molar-refractivity contribution is 6.11. The molecule has 0 unspecified atom stereocenters. The van der Waals surface area contributed by atoms with Crippen LogP contribution in [0.15, 0.2) is 109 Å². The highest BCUT2D eigenvalue weighted by atomic mass is 16.5. The standard InChI is InChI=1S/C57H66O2/c1-3-10-40-12-16-42(17-13-40)44-20-24-46(25-21-44)48-28-32-52-50(38-48)30-34-54-56(52)57-53-33-29-49(39-51(53)31-35-55(57)59-37-9-7-5-6-8-36-58-54)47-26-22-45(23-27-47)43-18-14-41(11-4-2)15-19-43/h20-35,38-43H,3-19,36-37H2,1-2H3. The Morgan fingerprint density at radius 1 is 0.407 bits per heavy atom. The van der Waals surface area contributed by atoms with Gasteiger partial charge in [0, 0.05) is 11.1 Å². The third-order valence-corrected chi connectivity index (χ3v) is 14.5. The van der Waals surface area contributed by atoms with E-state index in [2.05, 4.69) is 123 Å². The topological polar surface area (TPSA) is 18.5 Å². The Morgan fingerprint density at radius 2 is 0.797 bits per heavy atom. The Morgan fingerprint density at radius 3 is 1.20 bits per heavy atom. The number of ether oxygens (including phenoxy) is 2. The van der Waals surface area contributed by atoms with Crippen molar-refractivity contribution in [2.24, 2.45) is 11.8 Å². The van der Waals surface area contributed by atoms with Crippen LogP contribution in [0.2, 0.25) is 0 Å². The molecular formula is C57H66O2. The van der Waals surface area contributed by atoms with Gasteiger partial charge in [0.15, 0.2) is 0 Å². The van der Waals surface area contributed by atoms with Crippen LogP contribution in [0.5, 0.6) is 11.5 Å². The van der Waals surface area contributed by atoms with Gasteiger partial charge in [-0.05, 0) is 167 Å². The van der Waals surface area contributed by atoms with Crippen LogP contribution in [0.1, 0.15) is 146 Å². The molecule has 9 rings (SSSR count). The Balaban J connectivity index is 1.05. The smallest absolute Gasteiger partial charge is 0.127 e. The molecule has 2 saturated carbocycles. The maximum absolute atomic E-state index is 6.74. The number of fused-ring (bicyclic) bond motifs is 7. The Hall–Kier alpha value is -4.56. The second kappa shape index (κ2) is 18.8. The van der Waals surface area contributed by atoms with Crippen LogP contribution in [0.25, 0.3) is 54.9 Å². The molecule has 2 nitrogen and oxygen atoms in total. The zero-order valence-electron chi connectivity index (χ0n) is 36.0. The molecule has 2 aliphatic carbocycles. The summed E-state index contributed by atoms with van der Waals surface area (Å²) in [5.74, 6) is 5.18. The molecule has 0 saturated heterocycles. The highest BCUT2D eigenvalue weighted by Crippen LogP contribution is 2.47. The fraction of sp³-hybridized carbons (Fsp3) is 0.439. The lowest BCUT2D eigenvalue weighted by molar-refractivity contribution is 0.298. The first-order valence-corrected chi connectivity index (χ1v) is 23.7. The third kappa shape index (κ3) is 8.99. The van der Waals surface area contributed by atoms with E-state index in [0.717, 1.165) is 60.5 Å². The van der Waals surface area contributed by atoms with Gasteiger partial charge in [0.1, 0.15) is 11.5 Å². The van der Waals surface area contributed by atoms with Gasteiger partial charge < -0.3 is 9.47 Å². The minimum absolute atomic E-state index is 0.707. The van der Waals surface area contributed by atoms with Crippen molar-refractivity contribution in [3.05, 3.63) is 120 Å². The Bertz CT molecular complexity index is 2140. The molecule has 6 aromatic rings. The van der Waals surface area contributed by atoms with Crippen LogP contribution in [-0.2, 0) is 0 Å². The molecule has 0 bridgehead atoms. The molecule has 2 fully saturated rings. The van der Waals surface area contributed by atoms with Crippen LogP contribution >= 0.6 is 0 Å². The van der Waals surface area contributed by atoms with Gasteiger partial charge in [-0.1, -0.05) is 144 Å². The summed E-state index contributed by atoms with van der Waals surface area (Å²) < 4.78 is 13.5. The van der Waals surface area contributed by atoms with E-state index in [-0.39, 0.29) is 0 Å². The first-order chi connectivity index (χ1) is 29.1. The first kappa shape index (κ1) is 39.9. The number of hydrogen-bond donors (Lipinski definition) is 0. The minimum Gasteiger partial charge on any atom is -0.493 e. The summed E-state index contributed by atoms with van der Waals surface area (Å²) in [5, 5.41) is 4.88. The molecule has 0 amide bonds. The van der Waals surface area contributed by atoms with Gasteiger partial charge in [-0.3, -0.25) is 0 Å². The van der Waals surface area contributed by atoms with Crippen LogP contribution in [0.4, 0.5) is 0 Å². The predicted octanol–water partition coefficient (Wildman–Crippen LogP) is 16.9. The fourth-order valence-electron chi connectivity index (χ4n) is 11.1. The summed E-state index contributed by atoms with van der Waals surface area (Å²) in [5.41, 5.74) is 10.4. The van der Waals surface area contributed by atoms with E-state index in [1.54, 1.807) is 0 Å². The second-order valence-electron chi connectivity index (χ2n) is 18.5. The lowest BCUT2D eigenvalue weighted by Crippen LogP contribution is -2.13. The summed E-state index contributed by atoms with van der Waals surface area (Å²) in [7, 11) is 0. The zero-order chi connectivity index (χ0) is 40.0. The average molecular weight is 783 g/mol. The zero-order valence-corrected chi connectivity index (χ0v) is 36.0. The molecule has 0 spiro atoms. The lowest BCUT2D eigenvalue weighted by Gasteiger charge is -2.28. The van der Waals surface area contributed by atoms with E-state index < -0.39 is 0 Å². The van der Waals surface area contributed by atoms with Crippen molar-refractivity contribution in [3.63, 3.8) is 0 Å². The SMILES string of the molecule is CCCC1CCC(c2ccc(-c3ccc4c5c(ccc4c3)OCCCCCCCOc3ccc4cc(-c6ccc(C7CCC(CCC)CC7)cc6)ccc4c3-5)cc2)CC1. The molecule has 0 radical (unpaired) electrons. The molecular weight excluding hydrogens is 717 g/mol. The molecule has 3 aliphatic rings. The average Bonchev–Trinajstić information content (AvgIpc) is 3.30. The fourth-order valence-corrected chi connectivity index (χ4v) is 11.1. The van der Waals surface area contributed by atoms with Crippen molar-refractivity contribution >= 4 is 21.5 Å². The lowest BCUT2D eigenvalue weighted by atomic mass is 9.77. The van der Waals surface area contributed by atoms with Crippen molar-refractivity contribution in [1.29, 1.82) is 0 Å². The normalized spacial score (nSPS) is 21.6. The largest absolute Gasteiger partial charge is 0.493 e. The van der Waals surface area contributed by atoms with Gasteiger partial charge in [0.05, 0.1) is 13.2 Å². The molecule has 0 aromatic heterocycles.